The average molecular weight is 294 g/mol. The standard InChI is InChI=1S/C12H12BrN3O/c1-8-2-3-11(10(13)4-8)17-12-15-6-9(5-14)7-16-12/h2-4,6-7H,5,14H2,1H3. The summed E-state index contributed by atoms with van der Waals surface area (Å²) >= 11 is 3.43. The second-order valence-corrected chi connectivity index (χ2v) is 4.47. The summed E-state index contributed by atoms with van der Waals surface area (Å²) in [7, 11) is 0. The Balaban J connectivity index is 2.19. The van der Waals surface area contributed by atoms with Gasteiger partial charge in [-0.2, -0.15) is 0 Å². The minimum Gasteiger partial charge on any atom is -0.423 e. The molecule has 4 nitrogen and oxygen atoms in total. The summed E-state index contributed by atoms with van der Waals surface area (Å²) in [6.07, 6.45) is 3.31. The maximum atomic E-state index is 5.55. The van der Waals surface area contributed by atoms with E-state index in [9.17, 15) is 0 Å². The van der Waals surface area contributed by atoms with Crippen LogP contribution in [0.1, 0.15) is 11.1 Å². The van der Waals surface area contributed by atoms with Gasteiger partial charge < -0.3 is 10.5 Å². The van der Waals surface area contributed by atoms with Crippen LogP contribution in [0, 0.1) is 6.92 Å². The van der Waals surface area contributed by atoms with Crippen molar-refractivity contribution in [3.63, 3.8) is 0 Å². The summed E-state index contributed by atoms with van der Waals surface area (Å²) < 4.78 is 6.43. The largest absolute Gasteiger partial charge is 0.423 e. The van der Waals surface area contributed by atoms with Gasteiger partial charge in [-0.3, -0.25) is 0 Å². The van der Waals surface area contributed by atoms with E-state index in [0.717, 1.165) is 15.6 Å². The Kier molecular flexibility index (Phi) is 3.71. The zero-order valence-corrected chi connectivity index (χ0v) is 10.9. The molecule has 2 rings (SSSR count). The molecule has 0 bridgehead atoms. The van der Waals surface area contributed by atoms with E-state index in [4.69, 9.17) is 10.5 Å². The molecule has 0 aliphatic rings. The number of nitrogens with two attached hydrogens (primary N) is 1. The molecular formula is C12H12BrN3O. The first-order valence-electron chi connectivity index (χ1n) is 5.14. The van der Waals surface area contributed by atoms with Crippen LogP contribution in [0.5, 0.6) is 11.8 Å². The van der Waals surface area contributed by atoms with Gasteiger partial charge in [0.25, 0.3) is 0 Å². The van der Waals surface area contributed by atoms with Crippen LogP contribution in [0.4, 0.5) is 0 Å². The molecule has 0 amide bonds. The third-order valence-corrected chi connectivity index (χ3v) is 2.83. The number of aryl methyl sites for hydroxylation is 1. The van der Waals surface area contributed by atoms with E-state index in [1.165, 1.54) is 0 Å². The van der Waals surface area contributed by atoms with Gasteiger partial charge >= 0.3 is 6.01 Å². The molecule has 0 aliphatic heterocycles. The predicted octanol–water partition coefficient (Wildman–Crippen LogP) is 2.80. The average Bonchev–Trinajstić information content (AvgIpc) is 2.34. The van der Waals surface area contributed by atoms with Gasteiger partial charge in [0.1, 0.15) is 5.75 Å². The monoisotopic (exact) mass is 293 g/mol. The van der Waals surface area contributed by atoms with E-state index in [-0.39, 0.29) is 0 Å². The second kappa shape index (κ2) is 5.25. The zero-order chi connectivity index (χ0) is 12.3. The van der Waals surface area contributed by atoms with Gasteiger partial charge in [0, 0.05) is 24.5 Å². The van der Waals surface area contributed by atoms with Gasteiger partial charge in [-0.1, -0.05) is 6.07 Å². The van der Waals surface area contributed by atoms with Crippen molar-refractivity contribution in [2.24, 2.45) is 5.73 Å². The first-order chi connectivity index (χ1) is 8.19. The smallest absolute Gasteiger partial charge is 0.321 e. The topological polar surface area (TPSA) is 61.0 Å². The lowest BCUT2D eigenvalue weighted by Crippen LogP contribution is -1.99. The van der Waals surface area contributed by atoms with Gasteiger partial charge in [0.2, 0.25) is 0 Å². The van der Waals surface area contributed by atoms with Gasteiger partial charge in [0.15, 0.2) is 0 Å². The van der Waals surface area contributed by atoms with Crippen LogP contribution in [0.3, 0.4) is 0 Å². The SMILES string of the molecule is Cc1ccc(Oc2ncc(CN)cn2)c(Br)c1. The normalized spacial score (nSPS) is 10.3. The fourth-order valence-electron chi connectivity index (χ4n) is 1.29. The van der Waals surface area contributed by atoms with Crippen molar-refractivity contribution in [3.05, 3.63) is 46.2 Å². The zero-order valence-electron chi connectivity index (χ0n) is 9.35. The van der Waals surface area contributed by atoms with E-state index in [2.05, 4.69) is 25.9 Å². The molecule has 1 aromatic heterocycles. The molecule has 0 saturated heterocycles. The van der Waals surface area contributed by atoms with E-state index in [1.807, 2.05) is 25.1 Å². The van der Waals surface area contributed by atoms with Crippen molar-refractivity contribution >= 4 is 15.9 Å². The van der Waals surface area contributed by atoms with Crippen LogP contribution in [-0.4, -0.2) is 9.97 Å². The molecule has 2 N–H and O–H groups in total. The number of hydrogen-bond acceptors (Lipinski definition) is 4. The molecule has 17 heavy (non-hydrogen) atoms. The lowest BCUT2D eigenvalue weighted by Gasteiger charge is -2.06. The lowest BCUT2D eigenvalue weighted by molar-refractivity contribution is 0.438. The maximum Gasteiger partial charge on any atom is 0.321 e. The third-order valence-electron chi connectivity index (χ3n) is 2.21. The quantitative estimate of drug-likeness (QED) is 0.945. The maximum absolute atomic E-state index is 5.55. The van der Waals surface area contributed by atoms with E-state index < -0.39 is 0 Å². The summed E-state index contributed by atoms with van der Waals surface area (Å²) in [5.41, 5.74) is 7.50. The van der Waals surface area contributed by atoms with Crippen molar-refractivity contribution in [2.75, 3.05) is 0 Å². The molecule has 88 valence electrons. The number of benzene rings is 1. The molecule has 1 heterocycles. The van der Waals surface area contributed by atoms with E-state index >= 15 is 0 Å². The van der Waals surface area contributed by atoms with Crippen LogP contribution in [0.25, 0.3) is 0 Å². The van der Waals surface area contributed by atoms with Crippen LogP contribution in [0.2, 0.25) is 0 Å². The van der Waals surface area contributed by atoms with Crippen molar-refractivity contribution in [1.29, 1.82) is 0 Å². The summed E-state index contributed by atoms with van der Waals surface area (Å²) in [4.78, 5) is 8.15. The number of ether oxygens (including phenoxy) is 1. The van der Waals surface area contributed by atoms with Crippen LogP contribution in [-0.2, 0) is 6.54 Å². The minimum atomic E-state index is 0.312. The Morgan fingerprint density at radius 3 is 2.59 bits per heavy atom. The van der Waals surface area contributed by atoms with Crippen molar-refractivity contribution in [1.82, 2.24) is 9.97 Å². The highest BCUT2D eigenvalue weighted by Crippen LogP contribution is 2.28. The number of hydrogen-bond donors (Lipinski definition) is 1. The molecule has 1 aromatic carbocycles. The third kappa shape index (κ3) is 3.01. The number of nitrogens with zero attached hydrogens (tertiary/aromatic N) is 2. The fourth-order valence-corrected chi connectivity index (χ4v) is 1.86. The molecule has 0 fully saturated rings. The summed E-state index contributed by atoms with van der Waals surface area (Å²) in [5.74, 6) is 0.691. The molecule has 0 atom stereocenters. The Bertz CT molecular complexity index is 514. The summed E-state index contributed by atoms with van der Waals surface area (Å²) in [5, 5.41) is 0. The summed E-state index contributed by atoms with van der Waals surface area (Å²) in [6.45, 7) is 2.44. The second-order valence-electron chi connectivity index (χ2n) is 3.61. The van der Waals surface area contributed by atoms with Crippen molar-refractivity contribution < 1.29 is 4.74 Å². The van der Waals surface area contributed by atoms with Gasteiger partial charge in [-0.05, 0) is 40.5 Å². The first-order valence-corrected chi connectivity index (χ1v) is 5.93. The molecule has 0 unspecified atom stereocenters. The fraction of sp³-hybridized carbons (Fsp3) is 0.167. The van der Waals surface area contributed by atoms with Gasteiger partial charge in [-0.15, -0.1) is 0 Å². The van der Waals surface area contributed by atoms with Crippen LogP contribution in [0.15, 0.2) is 35.1 Å². The minimum absolute atomic E-state index is 0.312. The molecule has 0 radical (unpaired) electrons. The molecule has 0 spiro atoms. The van der Waals surface area contributed by atoms with E-state index in [0.29, 0.717) is 18.3 Å². The van der Waals surface area contributed by atoms with Crippen molar-refractivity contribution in [2.45, 2.75) is 13.5 Å². The number of aromatic nitrogens is 2. The molecule has 0 saturated carbocycles. The summed E-state index contributed by atoms with van der Waals surface area (Å²) in [6, 6.07) is 6.13. The Hall–Kier alpha value is -1.46. The molecule has 2 aromatic rings. The van der Waals surface area contributed by atoms with Gasteiger partial charge in [0.05, 0.1) is 4.47 Å². The highest BCUT2D eigenvalue weighted by Gasteiger charge is 2.04. The first kappa shape index (κ1) is 12.0. The lowest BCUT2D eigenvalue weighted by atomic mass is 10.2. The van der Waals surface area contributed by atoms with Gasteiger partial charge in [-0.25, -0.2) is 9.97 Å². The molecular weight excluding hydrogens is 282 g/mol. The van der Waals surface area contributed by atoms with E-state index in [1.54, 1.807) is 12.4 Å². The highest BCUT2D eigenvalue weighted by molar-refractivity contribution is 9.10. The Morgan fingerprint density at radius 1 is 1.29 bits per heavy atom. The number of rotatable bonds is 3. The molecule has 0 aliphatic carbocycles. The predicted molar refractivity (Wildman–Crippen MR) is 68.9 cm³/mol. The Labute approximate surface area is 108 Å². The highest BCUT2D eigenvalue weighted by atomic mass is 79.9. The Morgan fingerprint density at radius 2 is 2.00 bits per heavy atom. The van der Waals surface area contributed by atoms with Crippen LogP contribution < -0.4 is 10.5 Å². The number of halogens is 1. The molecule has 5 heteroatoms. The van der Waals surface area contributed by atoms with Crippen molar-refractivity contribution in [3.8, 4) is 11.8 Å². The van der Waals surface area contributed by atoms with Crippen LogP contribution >= 0.6 is 15.9 Å².